The molecule has 0 spiro atoms. The standard InChI is InChI=1S/C21H29NO4/c1-4-5-11-21(20(24)26-3)18-10-9-16(13-19(21)23)22(18)14-15-7-6-8-17(12-15)25-2/h6-8,12,16,18H,4-5,9-11,13-14H2,1-3H3/t16-,18+,21+/m1/s1. The molecule has 26 heavy (non-hydrogen) atoms. The number of unbranched alkanes of at least 4 members (excludes halogenated alkanes) is 1. The Morgan fingerprint density at radius 3 is 2.81 bits per heavy atom. The zero-order valence-corrected chi connectivity index (χ0v) is 16.0. The SMILES string of the molecule is CCCC[C@@]1(C(=O)OC)C(=O)C[C@H]2CC[C@@H]1N2Cc1cccc(OC)c1. The number of piperidine rings is 1. The van der Waals surface area contributed by atoms with Gasteiger partial charge in [-0.3, -0.25) is 14.5 Å². The first-order chi connectivity index (χ1) is 12.6. The van der Waals surface area contributed by atoms with Crippen LogP contribution in [0.25, 0.3) is 0 Å². The van der Waals surface area contributed by atoms with Crippen molar-refractivity contribution in [3.63, 3.8) is 0 Å². The quantitative estimate of drug-likeness (QED) is 0.552. The monoisotopic (exact) mass is 359 g/mol. The van der Waals surface area contributed by atoms with Crippen molar-refractivity contribution in [1.82, 2.24) is 4.90 Å². The molecule has 2 saturated heterocycles. The maximum absolute atomic E-state index is 13.0. The van der Waals surface area contributed by atoms with Crippen molar-refractivity contribution in [2.75, 3.05) is 14.2 Å². The molecule has 0 aliphatic carbocycles. The zero-order chi connectivity index (χ0) is 18.7. The summed E-state index contributed by atoms with van der Waals surface area (Å²) in [7, 11) is 3.06. The molecule has 2 bridgehead atoms. The zero-order valence-electron chi connectivity index (χ0n) is 16.0. The summed E-state index contributed by atoms with van der Waals surface area (Å²) in [5.41, 5.74) is 0.140. The maximum atomic E-state index is 13.0. The summed E-state index contributed by atoms with van der Waals surface area (Å²) in [6.45, 7) is 2.81. The first-order valence-electron chi connectivity index (χ1n) is 9.57. The second-order valence-electron chi connectivity index (χ2n) is 7.46. The third-order valence-corrected chi connectivity index (χ3v) is 6.10. The summed E-state index contributed by atoms with van der Waals surface area (Å²) in [4.78, 5) is 28.2. The van der Waals surface area contributed by atoms with Crippen molar-refractivity contribution in [1.29, 1.82) is 0 Å². The van der Waals surface area contributed by atoms with Crippen LogP contribution in [0.3, 0.4) is 0 Å². The first kappa shape index (κ1) is 18.9. The van der Waals surface area contributed by atoms with Gasteiger partial charge in [0.15, 0.2) is 5.78 Å². The van der Waals surface area contributed by atoms with Gasteiger partial charge in [-0.25, -0.2) is 0 Å². The molecule has 1 aromatic carbocycles. The Balaban J connectivity index is 1.92. The lowest BCUT2D eigenvalue weighted by Crippen LogP contribution is -2.60. The van der Waals surface area contributed by atoms with Gasteiger partial charge in [-0.2, -0.15) is 0 Å². The lowest BCUT2D eigenvalue weighted by atomic mass is 9.69. The highest BCUT2D eigenvalue weighted by Gasteiger charge is 2.60. The van der Waals surface area contributed by atoms with Gasteiger partial charge in [-0.05, 0) is 37.0 Å². The molecule has 0 unspecified atom stereocenters. The van der Waals surface area contributed by atoms with Crippen molar-refractivity contribution in [2.45, 2.75) is 64.1 Å². The molecule has 2 aliphatic heterocycles. The van der Waals surface area contributed by atoms with E-state index in [2.05, 4.69) is 17.9 Å². The molecule has 1 aromatic rings. The van der Waals surface area contributed by atoms with E-state index in [1.807, 2.05) is 18.2 Å². The van der Waals surface area contributed by atoms with Gasteiger partial charge in [0.2, 0.25) is 0 Å². The van der Waals surface area contributed by atoms with Gasteiger partial charge in [-0.15, -0.1) is 0 Å². The number of Topliss-reactive ketones (excluding diaryl/α,β-unsaturated/α-hetero) is 1. The number of nitrogens with zero attached hydrogens (tertiary/aromatic N) is 1. The summed E-state index contributed by atoms with van der Waals surface area (Å²) in [6, 6.07) is 8.16. The van der Waals surface area contributed by atoms with Gasteiger partial charge in [0.05, 0.1) is 14.2 Å². The number of methoxy groups -OCH3 is 2. The predicted molar refractivity (Wildman–Crippen MR) is 98.9 cm³/mol. The minimum Gasteiger partial charge on any atom is -0.497 e. The summed E-state index contributed by atoms with van der Waals surface area (Å²) in [5.74, 6) is 0.553. The Kier molecular flexibility index (Phi) is 5.66. The molecule has 0 amide bonds. The van der Waals surface area contributed by atoms with Gasteiger partial charge in [0.25, 0.3) is 0 Å². The number of carbonyl (C=O) groups is 2. The molecular formula is C21H29NO4. The van der Waals surface area contributed by atoms with Gasteiger partial charge in [-0.1, -0.05) is 31.9 Å². The molecule has 5 heteroatoms. The van der Waals surface area contributed by atoms with Crippen LogP contribution in [0.5, 0.6) is 5.75 Å². The number of ether oxygens (including phenoxy) is 2. The van der Waals surface area contributed by atoms with Gasteiger partial charge < -0.3 is 9.47 Å². The van der Waals surface area contributed by atoms with Crippen LogP contribution in [0.2, 0.25) is 0 Å². The molecular weight excluding hydrogens is 330 g/mol. The van der Waals surface area contributed by atoms with Crippen molar-refractivity contribution in [3.8, 4) is 5.75 Å². The average Bonchev–Trinajstić information content (AvgIpc) is 2.97. The smallest absolute Gasteiger partial charge is 0.320 e. The van der Waals surface area contributed by atoms with Crippen molar-refractivity contribution in [3.05, 3.63) is 29.8 Å². The van der Waals surface area contributed by atoms with Gasteiger partial charge >= 0.3 is 5.97 Å². The van der Waals surface area contributed by atoms with Crippen LogP contribution < -0.4 is 4.74 Å². The molecule has 2 fully saturated rings. The van der Waals surface area contributed by atoms with Crippen molar-refractivity contribution < 1.29 is 19.1 Å². The highest BCUT2D eigenvalue weighted by atomic mass is 16.5. The average molecular weight is 359 g/mol. The van der Waals surface area contributed by atoms with E-state index in [0.29, 0.717) is 12.8 Å². The number of benzene rings is 1. The molecule has 2 heterocycles. The molecule has 142 valence electrons. The summed E-state index contributed by atoms with van der Waals surface area (Å²) in [5, 5.41) is 0. The van der Waals surface area contributed by atoms with Crippen LogP contribution >= 0.6 is 0 Å². The Bertz CT molecular complexity index is 674. The van der Waals surface area contributed by atoms with E-state index in [4.69, 9.17) is 9.47 Å². The molecule has 2 aliphatic rings. The Hall–Kier alpha value is -1.88. The molecule has 0 radical (unpaired) electrons. The van der Waals surface area contributed by atoms with E-state index in [-0.39, 0.29) is 23.8 Å². The van der Waals surface area contributed by atoms with Gasteiger partial charge in [0.1, 0.15) is 11.2 Å². The summed E-state index contributed by atoms with van der Waals surface area (Å²) >= 11 is 0. The van der Waals surface area contributed by atoms with E-state index in [9.17, 15) is 9.59 Å². The molecule has 5 nitrogen and oxygen atoms in total. The summed E-state index contributed by atoms with van der Waals surface area (Å²) in [6.07, 6.45) is 4.68. The molecule has 0 saturated carbocycles. The Morgan fingerprint density at radius 2 is 2.12 bits per heavy atom. The topological polar surface area (TPSA) is 55.8 Å². The summed E-state index contributed by atoms with van der Waals surface area (Å²) < 4.78 is 10.5. The van der Waals surface area contributed by atoms with E-state index in [0.717, 1.165) is 43.5 Å². The lowest BCUT2D eigenvalue weighted by molar-refractivity contribution is -0.167. The third kappa shape index (κ3) is 3.13. The maximum Gasteiger partial charge on any atom is 0.320 e. The second-order valence-corrected chi connectivity index (χ2v) is 7.46. The fourth-order valence-electron chi connectivity index (χ4n) is 4.78. The fourth-order valence-corrected chi connectivity index (χ4v) is 4.78. The minimum absolute atomic E-state index is 0.0704. The number of hydrogen-bond acceptors (Lipinski definition) is 5. The molecule has 3 rings (SSSR count). The first-order valence-corrected chi connectivity index (χ1v) is 9.57. The van der Waals surface area contributed by atoms with E-state index in [1.54, 1.807) is 7.11 Å². The third-order valence-electron chi connectivity index (χ3n) is 6.10. The van der Waals surface area contributed by atoms with E-state index < -0.39 is 5.41 Å². The normalized spacial score (nSPS) is 28.2. The lowest BCUT2D eigenvalue weighted by Gasteiger charge is -2.45. The number of ketones is 1. The molecule has 3 atom stereocenters. The predicted octanol–water partition coefficient (Wildman–Crippen LogP) is 3.35. The van der Waals surface area contributed by atoms with Crippen LogP contribution in [-0.2, 0) is 20.9 Å². The molecule has 0 aromatic heterocycles. The number of rotatable bonds is 7. The molecule has 0 N–H and O–H groups in total. The van der Waals surface area contributed by atoms with E-state index in [1.165, 1.54) is 7.11 Å². The number of carbonyl (C=O) groups excluding carboxylic acids is 2. The number of esters is 1. The fraction of sp³-hybridized carbons (Fsp3) is 0.619. The Labute approximate surface area is 155 Å². The van der Waals surface area contributed by atoms with Crippen LogP contribution in [0.4, 0.5) is 0 Å². The van der Waals surface area contributed by atoms with Crippen LogP contribution in [0.15, 0.2) is 24.3 Å². The van der Waals surface area contributed by atoms with Gasteiger partial charge in [0, 0.05) is 25.0 Å². The largest absolute Gasteiger partial charge is 0.497 e. The van der Waals surface area contributed by atoms with Crippen molar-refractivity contribution in [2.24, 2.45) is 5.41 Å². The van der Waals surface area contributed by atoms with E-state index >= 15 is 0 Å². The number of fused-ring (bicyclic) bond motifs is 2. The van der Waals surface area contributed by atoms with Crippen LogP contribution in [0, 0.1) is 5.41 Å². The highest BCUT2D eigenvalue weighted by molar-refractivity contribution is 6.05. The second kappa shape index (κ2) is 7.78. The number of hydrogen-bond donors (Lipinski definition) is 0. The van der Waals surface area contributed by atoms with Crippen LogP contribution in [0.1, 0.15) is 51.0 Å². The van der Waals surface area contributed by atoms with Crippen LogP contribution in [-0.4, -0.2) is 43.0 Å². The Morgan fingerprint density at radius 1 is 1.31 bits per heavy atom. The minimum atomic E-state index is -1.00. The van der Waals surface area contributed by atoms with Crippen molar-refractivity contribution >= 4 is 11.8 Å². The highest BCUT2D eigenvalue weighted by Crippen LogP contribution is 2.48.